The van der Waals surface area contributed by atoms with Crippen molar-refractivity contribution >= 4 is 7.82 Å². The van der Waals surface area contributed by atoms with E-state index in [1.165, 1.54) is 5.06 Å². The Hall–Kier alpha value is 0.0700. The van der Waals surface area contributed by atoms with Crippen molar-refractivity contribution in [1.29, 1.82) is 0 Å². The van der Waals surface area contributed by atoms with Crippen LogP contribution < -0.4 is 0 Å². The second kappa shape index (κ2) is 5.67. The number of rotatable bonds is 6. The van der Waals surface area contributed by atoms with Gasteiger partial charge in [0.2, 0.25) is 0 Å². The summed E-state index contributed by atoms with van der Waals surface area (Å²) in [4.78, 5) is 17.0. The molecular formula is C6H16NO4P. The zero-order valence-corrected chi connectivity index (χ0v) is 8.33. The molecular weight excluding hydrogens is 181 g/mol. The Morgan fingerprint density at radius 1 is 1.25 bits per heavy atom. The minimum Gasteiger partial charge on any atom is -0.302 e. The minimum atomic E-state index is -4.36. The molecule has 0 aromatic heterocycles. The first-order valence-electron chi connectivity index (χ1n) is 3.99. The van der Waals surface area contributed by atoms with Crippen molar-refractivity contribution < 1.29 is 19.0 Å². The van der Waals surface area contributed by atoms with Crippen LogP contribution in [0.3, 0.4) is 0 Å². The third-order valence-corrected chi connectivity index (χ3v) is 1.61. The van der Waals surface area contributed by atoms with Gasteiger partial charge in [0.1, 0.15) is 0 Å². The van der Waals surface area contributed by atoms with E-state index in [9.17, 15) is 4.57 Å². The van der Waals surface area contributed by atoms with Crippen LogP contribution in [0.15, 0.2) is 0 Å². The molecule has 0 heterocycles. The second-order valence-electron chi connectivity index (χ2n) is 2.50. The third-order valence-electron chi connectivity index (χ3n) is 1.17. The van der Waals surface area contributed by atoms with Gasteiger partial charge in [0.15, 0.2) is 0 Å². The van der Waals surface area contributed by atoms with Gasteiger partial charge in [0.25, 0.3) is 0 Å². The number of nitrogens with zero attached hydrogens (tertiary/aromatic N) is 1. The van der Waals surface area contributed by atoms with Crippen LogP contribution in [0.2, 0.25) is 0 Å². The molecule has 0 rings (SSSR count). The van der Waals surface area contributed by atoms with Crippen molar-refractivity contribution in [2.24, 2.45) is 0 Å². The van der Waals surface area contributed by atoms with E-state index in [4.69, 9.17) is 9.79 Å². The molecule has 0 aromatic rings. The lowest BCUT2D eigenvalue weighted by Crippen LogP contribution is -2.24. The molecule has 12 heavy (non-hydrogen) atoms. The lowest BCUT2D eigenvalue weighted by atomic mass is 10.4. The van der Waals surface area contributed by atoms with Crippen LogP contribution in [0.1, 0.15) is 26.7 Å². The van der Waals surface area contributed by atoms with Crippen molar-refractivity contribution in [2.75, 3.05) is 13.1 Å². The predicted molar refractivity (Wildman–Crippen MR) is 45.3 cm³/mol. The SMILES string of the molecule is CCCN(CCC)OP(=O)(O)O. The summed E-state index contributed by atoms with van der Waals surface area (Å²) in [7, 11) is -4.36. The van der Waals surface area contributed by atoms with E-state index in [0.29, 0.717) is 13.1 Å². The van der Waals surface area contributed by atoms with Crippen LogP contribution in [-0.2, 0) is 9.19 Å². The van der Waals surface area contributed by atoms with Crippen molar-refractivity contribution in [3.8, 4) is 0 Å². The number of phosphoric acid groups is 1. The quantitative estimate of drug-likeness (QED) is 0.493. The van der Waals surface area contributed by atoms with Gasteiger partial charge in [-0.25, -0.2) is 4.57 Å². The van der Waals surface area contributed by atoms with Gasteiger partial charge in [-0.15, -0.1) is 0 Å². The van der Waals surface area contributed by atoms with Crippen LogP contribution in [0.4, 0.5) is 0 Å². The summed E-state index contributed by atoms with van der Waals surface area (Å²) in [5.41, 5.74) is 0. The highest BCUT2D eigenvalue weighted by atomic mass is 31.2. The standard InChI is InChI=1S/C6H16NO4P/c1-3-5-7(6-4-2)11-12(8,9)10/h3-6H2,1-2H3,(H2,8,9,10). The topological polar surface area (TPSA) is 70.0 Å². The summed E-state index contributed by atoms with van der Waals surface area (Å²) in [6, 6.07) is 0. The maximum Gasteiger partial charge on any atom is 0.486 e. The fourth-order valence-electron chi connectivity index (χ4n) is 0.843. The Morgan fingerprint density at radius 2 is 1.67 bits per heavy atom. The second-order valence-corrected chi connectivity index (χ2v) is 3.65. The fraction of sp³-hybridized carbons (Fsp3) is 1.00. The molecule has 0 spiro atoms. The predicted octanol–water partition coefficient (Wildman–Crippen LogP) is 1.13. The molecule has 0 aliphatic rings. The van der Waals surface area contributed by atoms with Crippen LogP contribution in [0, 0.1) is 0 Å². The Labute approximate surface area is 72.5 Å². The van der Waals surface area contributed by atoms with E-state index in [-0.39, 0.29) is 0 Å². The molecule has 0 aliphatic carbocycles. The maximum atomic E-state index is 10.4. The molecule has 74 valence electrons. The average molecular weight is 197 g/mol. The molecule has 0 radical (unpaired) electrons. The van der Waals surface area contributed by atoms with E-state index in [1.807, 2.05) is 13.8 Å². The smallest absolute Gasteiger partial charge is 0.302 e. The van der Waals surface area contributed by atoms with E-state index in [2.05, 4.69) is 4.62 Å². The minimum absolute atomic E-state index is 0.541. The average Bonchev–Trinajstić information content (AvgIpc) is 1.84. The molecule has 0 aromatic carbocycles. The van der Waals surface area contributed by atoms with Crippen LogP contribution in [0.5, 0.6) is 0 Å². The summed E-state index contributed by atoms with van der Waals surface area (Å²) in [5.74, 6) is 0. The Kier molecular flexibility index (Phi) is 5.70. The lowest BCUT2D eigenvalue weighted by Gasteiger charge is -2.19. The number of hydrogen-bond donors (Lipinski definition) is 2. The first-order chi connectivity index (χ1) is 5.49. The lowest BCUT2D eigenvalue weighted by molar-refractivity contribution is -0.0805. The van der Waals surface area contributed by atoms with E-state index in [1.54, 1.807) is 0 Å². The molecule has 0 bridgehead atoms. The Morgan fingerprint density at radius 3 is 1.92 bits per heavy atom. The molecule has 0 atom stereocenters. The Bertz CT molecular complexity index is 152. The van der Waals surface area contributed by atoms with Gasteiger partial charge in [-0.05, 0) is 12.8 Å². The van der Waals surface area contributed by atoms with E-state index < -0.39 is 7.82 Å². The molecule has 5 nitrogen and oxygen atoms in total. The van der Waals surface area contributed by atoms with Crippen molar-refractivity contribution in [2.45, 2.75) is 26.7 Å². The monoisotopic (exact) mass is 197 g/mol. The Balaban J connectivity index is 3.86. The molecule has 2 N–H and O–H groups in total. The van der Waals surface area contributed by atoms with Gasteiger partial charge < -0.3 is 9.79 Å². The number of hydrogen-bond acceptors (Lipinski definition) is 3. The first kappa shape index (κ1) is 12.1. The first-order valence-corrected chi connectivity index (χ1v) is 5.52. The fourth-order valence-corrected chi connectivity index (χ4v) is 1.31. The van der Waals surface area contributed by atoms with Crippen molar-refractivity contribution in [3.63, 3.8) is 0 Å². The third kappa shape index (κ3) is 6.76. The molecule has 0 fully saturated rings. The van der Waals surface area contributed by atoms with Crippen molar-refractivity contribution in [3.05, 3.63) is 0 Å². The zero-order valence-electron chi connectivity index (χ0n) is 7.43. The van der Waals surface area contributed by atoms with Crippen molar-refractivity contribution in [1.82, 2.24) is 5.06 Å². The molecule has 0 aliphatic heterocycles. The summed E-state index contributed by atoms with van der Waals surface area (Å²) < 4.78 is 14.8. The van der Waals surface area contributed by atoms with Gasteiger partial charge in [0.05, 0.1) is 0 Å². The van der Waals surface area contributed by atoms with Gasteiger partial charge in [0, 0.05) is 13.1 Å². The van der Waals surface area contributed by atoms with Gasteiger partial charge in [-0.1, -0.05) is 13.8 Å². The largest absolute Gasteiger partial charge is 0.486 e. The summed E-state index contributed by atoms with van der Waals surface area (Å²) in [5, 5.41) is 1.31. The highest BCUT2D eigenvalue weighted by Gasteiger charge is 2.19. The number of hydroxylamine groups is 2. The van der Waals surface area contributed by atoms with Crippen LogP contribution >= 0.6 is 7.82 Å². The van der Waals surface area contributed by atoms with Crippen LogP contribution in [0.25, 0.3) is 0 Å². The molecule has 0 saturated heterocycles. The summed E-state index contributed by atoms with van der Waals surface area (Å²) >= 11 is 0. The molecule has 0 saturated carbocycles. The normalized spacial score (nSPS) is 12.4. The van der Waals surface area contributed by atoms with Gasteiger partial charge in [-0.2, -0.15) is 9.69 Å². The summed E-state index contributed by atoms with van der Waals surface area (Å²) in [6.45, 7) is 4.93. The molecule has 0 amide bonds. The zero-order chi connectivity index (χ0) is 9.61. The highest BCUT2D eigenvalue weighted by molar-refractivity contribution is 7.46. The molecule has 0 unspecified atom stereocenters. The maximum absolute atomic E-state index is 10.4. The van der Waals surface area contributed by atoms with Gasteiger partial charge >= 0.3 is 7.82 Å². The van der Waals surface area contributed by atoms with E-state index >= 15 is 0 Å². The van der Waals surface area contributed by atoms with E-state index in [0.717, 1.165) is 12.8 Å². The van der Waals surface area contributed by atoms with Gasteiger partial charge in [-0.3, -0.25) is 0 Å². The molecule has 6 heteroatoms. The summed E-state index contributed by atoms with van der Waals surface area (Å²) in [6.07, 6.45) is 1.61. The van der Waals surface area contributed by atoms with Crippen LogP contribution in [-0.4, -0.2) is 27.9 Å². The highest BCUT2D eigenvalue weighted by Crippen LogP contribution is 2.37.